The Morgan fingerprint density at radius 1 is 1.22 bits per heavy atom. The first-order valence-electron chi connectivity index (χ1n) is 10.8. The minimum absolute atomic E-state index is 0.117. The number of carbonyl (C=O) groups excluding carboxylic acids is 1. The van der Waals surface area contributed by atoms with Gasteiger partial charge < -0.3 is 4.74 Å². The van der Waals surface area contributed by atoms with E-state index in [2.05, 4.69) is 37.0 Å². The summed E-state index contributed by atoms with van der Waals surface area (Å²) in [7, 11) is 0. The lowest BCUT2D eigenvalue weighted by Gasteiger charge is -2.58. The number of nitrogens with zero attached hydrogens (tertiary/aromatic N) is 1. The van der Waals surface area contributed by atoms with Crippen LogP contribution in [0.4, 0.5) is 0 Å². The summed E-state index contributed by atoms with van der Waals surface area (Å²) in [5.41, 5.74) is 7.46. The number of aryl methyl sites for hydroxylation is 2. The van der Waals surface area contributed by atoms with E-state index in [1.54, 1.807) is 5.57 Å². The van der Waals surface area contributed by atoms with E-state index in [0.717, 1.165) is 6.54 Å². The van der Waals surface area contributed by atoms with Gasteiger partial charge in [0, 0.05) is 30.3 Å². The smallest absolute Gasteiger partial charge is 0.143 e. The molecule has 7 rings (SSSR count). The van der Waals surface area contributed by atoms with Gasteiger partial charge in [-0.15, -0.1) is 0 Å². The van der Waals surface area contributed by atoms with Gasteiger partial charge in [0.2, 0.25) is 0 Å². The van der Waals surface area contributed by atoms with Crippen molar-refractivity contribution in [3.63, 3.8) is 0 Å². The van der Waals surface area contributed by atoms with Crippen molar-refractivity contribution in [2.45, 2.75) is 56.6 Å². The minimum Gasteiger partial charge on any atom is -0.373 e. The van der Waals surface area contributed by atoms with Crippen LogP contribution >= 0.6 is 0 Å². The van der Waals surface area contributed by atoms with Crippen LogP contribution in [0.2, 0.25) is 0 Å². The highest BCUT2D eigenvalue weighted by Crippen LogP contribution is 2.70. The molecule has 6 aliphatic rings. The lowest BCUT2D eigenvalue weighted by Crippen LogP contribution is -2.62. The second-order valence-corrected chi connectivity index (χ2v) is 10.0. The number of rotatable bonds is 0. The summed E-state index contributed by atoms with van der Waals surface area (Å²) < 4.78 is 6.32. The average molecular weight is 361 g/mol. The highest BCUT2D eigenvalue weighted by molar-refractivity contribution is 5.90. The van der Waals surface area contributed by atoms with Crippen molar-refractivity contribution in [2.75, 3.05) is 19.7 Å². The summed E-state index contributed by atoms with van der Waals surface area (Å²) >= 11 is 0. The van der Waals surface area contributed by atoms with Crippen LogP contribution in [-0.2, 0) is 14.9 Å². The van der Waals surface area contributed by atoms with Gasteiger partial charge in [-0.25, -0.2) is 0 Å². The van der Waals surface area contributed by atoms with Crippen molar-refractivity contribution in [3.05, 3.63) is 46.0 Å². The monoisotopic (exact) mass is 361 g/mol. The minimum atomic E-state index is 0.117. The van der Waals surface area contributed by atoms with Crippen LogP contribution in [0.15, 0.2) is 23.8 Å². The summed E-state index contributed by atoms with van der Waals surface area (Å²) in [6, 6.07) is 5.47. The Morgan fingerprint density at radius 3 is 2.96 bits per heavy atom. The Morgan fingerprint density at radius 2 is 2.07 bits per heavy atom. The molecule has 0 aromatic heterocycles. The van der Waals surface area contributed by atoms with Gasteiger partial charge >= 0.3 is 0 Å². The molecule has 140 valence electrons. The molecule has 0 radical (unpaired) electrons. The number of ketones is 1. The van der Waals surface area contributed by atoms with Crippen molar-refractivity contribution in [2.24, 2.45) is 17.8 Å². The van der Waals surface area contributed by atoms with Crippen LogP contribution in [0.5, 0.6) is 0 Å². The standard InChI is InChI=1S/C24H27NO2/c1-12-7-16-17(8-13(12)2)24-4-5-25-11-14-3-6-27-19-10-18(26)21(16)23(24)22(19)15(14)9-20(24)25/h3,7-8,15,19-23H,4-6,9-11H2,1-2H3/t15-,19+,20+,21?,22+,23?,24-/m1/s1. The fraction of sp³-hybridized carbons (Fsp3) is 0.625. The maximum atomic E-state index is 13.4. The third kappa shape index (κ3) is 1.59. The Labute approximate surface area is 160 Å². The first-order chi connectivity index (χ1) is 13.1. The number of hydrogen-bond acceptors (Lipinski definition) is 3. The zero-order chi connectivity index (χ0) is 18.1. The van der Waals surface area contributed by atoms with Crippen molar-refractivity contribution in [1.82, 2.24) is 4.90 Å². The molecule has 27 heavy (non-hydrogen) atoms. The molecule has 0 amide bonds. The van der Waals surface area contributed by atoms with E-state index in [1.807, 2.05) is 0 Å². The number of Topliss-reactive ketones (excluding diaryl/α,β-unsaturated/α-hetero) is 1. The average Bonchev–Trinajstić information content (AvgIpc) is 3.10. The van der Waals surface area contributed by atoms with E-state index in [4.69, 9.17) is 4.74 Å². The molecule has 2 unspecified atom stereocenters. The third-order valence-electron chi connectivity index (χ3n) is 9.36. The second kappa shape index (κ2) is 4.75. The zero-order valence-electron chi connectivity index (χ0n) is 16.2. The SMILES string of the molecule is Cc1cc2c(cc1C)[C@@]13CCN4CC5=CCO[C@H]6CC(=O)C2C1[C@H]6[C@@H]5C[C@H]43. The third-order valence-corrected chi connectivity index (χ3v) is 9.36. The molecule has 3 heterocycles. The molecule has 3 aliphatic carbocycles. The summed E-state index contributed by atoms with van der Waals surface area (Å²) in [5.74, 6) is 2.19. The quantitative estimate of drug-likeness (QED) is 0.664. The lowest BCUT2D eigenvalue weighted by molar-refractivity contribution is -0.142. The molecule has 1 spiro atoms. The van der Waals surface area contributed by atoms with Gasteiger partial charge in [0.05, 0.1) is 12.7 Å². The molecule has 3 aliphatic heterocycles. The molecule has 3 nitrogen and oxygen atoms in total. The number of hydrogen-bond donors (Lipinski definition) is 0. The predicted octanol–water partition coefficient (Wildman–Crippen LogP) is 3.28. The number of fused-ring (bicyclic) bond motifs is 2. The van der Waals surface area contributed by atoms with Crippen LogP contribution < -0.4 is 0 Å². The Kier molecular flexibility index (Phi) is 2.72. The van der Waals surface area contributed by atoms with Gasteiger partial charge in [0.15, 0.2) is 0 Å². The molecule has 1 aromatic rings. The molecule has 4 fully saturated rings. The highest BCUT2D eigenvalue weighted by atomic mass is 16.5. The maximum Gasteiger partial charge on any atom is 0.143 e. The van der Waals surface area contributed by atoms with Crippen molar-refractivity contribution < 1.29 is 9.53 Å². The van der Waals surface area contributed by atoms with Crippen LogP contribution in [0.25, 0.3) is 0 Å². The highest BCUT2D eigenvalue weighted by Gasteiger charge is 2.71. The Bertz CT molecular complexity index is 933. The van der Waals surface area contributed by atoms with E-state index in [9.17, 15) is 4.79 Å². The summed E-state index contributed by atoms with van der Waals surface area (Å²) in [6.07, 6.45) is 5.63. The van der Waals surface area contributed by atoms with Crippen molar-refractivity contribution in [3.8, 4) is 0 Å². The first-order valence-corrected chi connectivity index (χ1v) is 10.8. The van der Waals surface area contributed by atoms with Crippen LogP contribution in [0, 0.1) is 31.6 Å². The van der Waals surface area contributed by atoms with E-state index in [0.29, 0.717) is 42.6 Å². The van der Waals surface area contributed by atoms with Gasteiger partial charge in [-0.1, -0.05) is 23.8 Å². The Balaban J connectivity index is 1.55. The lowest BCUT2D eigenvalue weighted by atomic mass is 9.49. The molecule has 1 aromatic carbocycles. The van der Waals surface area contributed by atoms with E-state index >= 15 is 0 Å². The molecular formula is C24H27NO2. The van der Waals surface area contributed by atoms with Crippen molar-refractivity contribution in [1.29, 1.82) is 0 Å². The van der Waals surface area contributed by atoms with E-state index < -0.39 is 0 Å². The number of ether oxygens (including phenoxy) is 1. The molecule has 2 bridgehead atoms. The van der Waals surface area contributed by atoms with Gasteiger partial charge in [0.25, 0.3) is 0 Å². The van der Waals surface area contributed by atoms with Gasteiger partial charge in [-0.3, -0.25) is 9.69 Å². The van der Waals surface area contributed by atoms with Crippen LogP contribution in [0.1, 0.15) is 47.4 Å². The van der Waals surface area contributed by atoms with Crippen LogP contribution in [0.3, 0.4) is 0 Å². The fourth-order valence-corrected chi connectivity index (χ4v) is 8.35. The molecule has 2 saturated carbocycles. The summed E-state index contributed by atoms with van der Waals surface area (Å²) in [5, 5.41) is 0. The van der Waals surface area contributed by atoms with Gasteiger partial charge in [0.1, 0.15) is 5.78 Å². The normalized spacial score (nSPS) is 46.1. The fourth-order valence-electron chi connectivity index (χ4n) is 8.35. The molecule has 3 heteroatoms. The van der Waals surface area contributed by atoms with Gasteiger partial charge in [-0.05, 0) is 73.2 Å². The molecule has 0 N–H and O–H groups in total. The summed E-state index contributed by atoms with van der Waals surface area (Å²) in [4.78, 5) is 16.2. The number of benzene rings is 1. The van der Waals surface area contributed by atoms with E-state index in [1.165, 1.54) is 41.6 Å². The second-order valence-electron chi connectivity index (χ2n) is 10.0. The number of carbonyl (C=O) groups is 1. The van der Waals surface area contributed by atoms with Crippen LogP contribution in [-0.4, -0.2) is 42.5 Å². The maximum absolute atomic E-state index is 13.4. The number of piperidine rings is 1. The topological polar surface area (TPSA) is 29.5 Å². The summed E-state index contributed by atoms with van der Waals surface area (Å²) in [6.45, 7) is 7.48. The predicted molar refractivity (Wildman–Crippen MR) is 103 cm³/mol. The zero-order valence-corrected chi connectivity index (χ0v) is 16.2. The first kappa shape index (κ1) is 15.5. The largest absolute Gasteiger partial charge is 0.373 e. The van der Waals surface area contributed by atoms with Gasteiger partial charge in [-0.2, -0.15) is 0 Å². The molecule has 7 atom stereocenters. The Hall–Kier alpha value is -1.45. The van der Waals surface area contributed by atoms with E-state index in [-0.39, 0.29) is 17.4 Å². The molecule has 2 saturated heterocycles. The van der Waals surface area contributed by atoms with Crippen molar-refractivity contribution >= 4 is 5.78 Å². The molecular weight excluding hydrogens is 334 g/mol.